The Morgan fingerprint density at radius 3 is 2.94 bits per heavy atom. The maximum Gasteiger partial charge on any atom is 0.119 e. The van der Waals surface area contributed by atoms with Gasteiger partial charge in [-0.15, -0.1) is 0 Å². The number of rotatable bonds is 5. The second-order valence-corrected chi connectivity index (χ2v) is 4.56. The van der Waals surface area contributed by atoms with Gasteiger partial charge in [0.1, 0.15) is 5.75 Å². The summed E-state index contributed by atoms with van der Waals surface area (Å²) in [4.78, 5) is 2.51. The molecule has 98 valence electrons. The van der Waals surface area contributed by atoms with Gasteiger partial charge in [0.15, 0.2) is 0 Å². The maximum absolute atomic E-state index is 5.21. The lowest BCUT2D eigenvalue weighted by atomic mass is 10.2. The van der Waals surface area contributed by atoms with Crippen molar-refractivity contribution < 1.29 is 4.74 Å². The van der Waals surface area contributed by atoms with E-state index in [0.717, 1.165) is 31.8 Å². The number of benzene rings is 1. The standard InChI is InChI=1S/C15H22N2O/c1-18-15-7-4-6-14(13-15)5-2-3-10-17-11-8-16-9-12-17/h2,4-7,13,16H,3,8-12H2,1H3/b5-2+. The first-order chi connectivity index (χ1) is 8.88. The van der Waals surface area contributed by atoms with E-state index in [-0.39, 0.29) is 0 Å². The molecule has 0 aliphatic carbocycles. The summed E-state index contributed by atoms with van der Waals surface area (Å²) in [5.74, 6) is 0.916. The second-order valence-electron chi connectivity index (χ2n) is 4.56. The van der Waals surface area contributed by atoms with Crippen LogP contribution in [0.3, 0.4) is 0 Å². The fourth-order valence-corrected chi connectivity index (χ4v) is 2.16. The monoisotopic (exact) mass is 246 g/mol. The summed E-state index contributed by atoms with van der Waals surface area (Å²) in [5.41, 5.74) is 1.20. The molecule has 0 amide bonds. The van der Waals surface area contributed by atoms with Crippen LogP contribution in [0.15, 0.2) is 30.3 Å². The quantitative estimate of drug-likeness (QED) is 0.860. The molecule has 0 atom stereocenters. The lowest BCUT2D eigenvalue weighted by Gasteiger charge is -2.26. The van der Waals surface area contributed by atoms with E-state index in [1.807, 2.05) is 12.1 Å². The third kappa shape index (κ3) is 4.17. The number of hydrogen-bond donors (Lipinski definition) is 1. The van der Waals surface area contributed by atoms with Gasteiger partial charge in [-0.3, -0.25) is 0 Å². The molecule has 1 heterocycles. The van der Waals surface area contributed by atoms with Gasteiger partial charge in [0, 0.05) is 32.7 Å². The van der Waals surface area contributed by atoms with Crippen LogP contribution in [-0.4, -0.2) is 44.7 Å². The molecule has 1 aliphatic rings. The lowest BCUT2D eigenvalue weighted by molar-refractivity contribution is 0.245. The van der Waals surface area contributed by atoms with Crippen LogP contribution in [0.5, 0.6) is 5.75 Å². The van der Waals surface area contributed by atoms with E-state index in [9.17, 15) is 0 Å². The zero-order valence-corrected chi connectivity index (χ0v) is 11.1. The fraction of sp³-hybridized carbons (Fsp3) is 0.467. The van der Waals surface area contributed by atoms with Crippen molar-refractivity contribution in [3.63, 3.8) is 0 Å². The Kier molecular flexibility index (Phi) is 5.24. The molecule has 0 saturated carbocycles. The topological polar surface area (TPSA) is 24.5 Å². The number of ether oxygens (including phenoxy) is 1. The van der Waals surface area contributed by atoms with Crippen molar-refractivity contribution >= 4 is 6.08 Å². The third-order valence-corrected chi connectivity index (χ3v) is 3.23. The van der Waals surface area contributed by atoms with Crippen LogP contribution < -0.4 is 10.1 Å². The second kappa shape index (κ2) is 7.19. The van der Waals surface area contributed by atoms with E-state index in [4.69, 9.17) is 4.74 Å². The lowest BCUT2D eigenvalue weighted by Crippen LogP contribution is -2.43. The molecule has 3 heteroatoms. The SMILES string of the molecule is COc1cccc(/C=C/CCN2CCNCC2)c1. The van der Waals surface area contributed by atoms with E-state index in [2.05, 4.69) is 34.5 Å². The molecule has 1 aromatic carbocycles. The highest BCUT2D eigenvalue weighted by molar-refractivity contribution is 5.51. The van der Waals surface area contributed by atoms with Gasteiger partial charge in [0.25, 0.3) is 0 Å². The zero-order valence-electron chi connectivity index (χ0n) is 11.1. The average molecular weight is 246 g/mol. The third-order valence-electron chi connectivity index (χ3n) is 3.23. The van der Waals surface area contributed by atoms with Crippen LogP contribution in [0.1, 0.15) is 12.0 Å². The molecule has 0 bridgehead atoms. The number of methoxy groups -OCH3 is 1. The maximum atomic E-state index is 5.21. The van der Waals surface area contributed by atoms with Crippen LogP contribution >= 0.6 is 0 Å². The first-order valence-corrected chi connectivity index (χ1v) is 6.62. The van der Waals surface area contributed by atoms with Gasteiger partial charge in [-0.05, 0) is 24.1 Å². The van der Waals surface area contributed by atoms with Crippen molar-refractivity contribution in [3.05, 3.63) is 35.9 Å². The molecule has 1 N–H and O–H groups in total. The predicted octanol–water partition coefficient (Wildman–Crippen LogP) is 2.00. The van der Waals surface area contributed by atoms with Gasteiger partial charge in [-0.1, -0.05) is 24.3 Å². The minimum absolute atomic E-state index is 0.916. The smallest absolute Gasteiger partial charge is 0.119 e. The Bertz CT molecular complexity index is 384. The van der Waals surface area contributed by atoms with Crippen LogP contribution in [0.4, 0.5) is 0 Å². The summed E-state index contributed by atoms with van der Waals surface area (Å²) in [6.45, 7) is 5.75. The van der Waals surface area contributed by atoms with E-state index in [1.54, 1.807) is 7.11 Å². The summed E-state index contributed by atoms with van der Waals surface area (Å²) in [6, 6.07) is 8.15. The number of piperazine rings is 1. The summed E-state index contributed by atoms with van der Waals surface area (Å²) in [5, 5.41) is 3.37. The molecule has 1 fully saturated rings. The molecule has 0 unspecified atom stereocenters. The first kappa shape index (κ1) is 13.1. The predicted molar refractivity (Wildman–Crippen MR) is 76.0 cm³/mol. The van der Waals surface area contributed by atoms with Gasteiger partial charge in [0.05, 0.1) is 7.11 Å². The van der Waals surface area contributed by atoms with Gasteiger partial charge >= 0.3 is 0 Å². The molecule has 1 aliphatic heterocycles. The van der Waals surface area contributed by atoms with Crippen LogP contribution in [-0.2, 0) is 0 Å². The number of hydrogen-bond acceptors (Lipinski definition) is 3. The zero-order chi connectivity index (χ0) is 12.6. The molecule has 0 spiro atoms. The van der Waals surface area contributed by atoms with Gasteiger partial charge < -0.3 is 15.0 Å². The van der Waals surface area contributed by atoms with Gasteiger partial charge in [-0.2, -0.15) is 0 Å². The summed E-state index contributed by atoms with van der Waals surface area (Å²) >= 11 is 0. The first-order valence-electron chi connectivity index (χ1n) is 6.62. The summed E-state index contributed by atoms with van der Waals surface area (Å²) in [6.07, 6.45) is 5.53. The van der Waals surface area contributed by atoms with Gasteiger partial charge in [-0.25, -0.2) is 0 Å². The Morgan fingerprint density at radius 2 is 2.17 bits per heavy atom. The molecule has 1 saturated heterocycles. The average Bonchev–Trinajstić information content (AvgIpc) is 2.45. The van der Waals surface area contributed by atoms with Crippen molar-refractivity contribution in [2.75, 3.05) is 39.8 Å². The van der Waals surface area contributed by atoms with Crippen LogP contribution in [0, 0.1) is 0 Å². The van der Waals surface area contributed by atoms with Crippen LogP contribution in [0.2, 0.25) is 0 Å². The minimum atomic E-state index is 0.916. The Balaban J connectivity index is 1.76. The van der Waals surface area contributed by atoms with Crippen molar-refractivity contribution in [1.29, 1.82) is 0 Å². The molecule has 1 aromatic rings. The Labute approximate surface area is 109 Å². The highest BCUT2D eigenvalue weighted by Crippen LogP contribution is 2.13. The van der Waals surface area contributed by atoms with Crippen LogP contribution in [0.25, 0.3) is 6.08 Å². The molecule has 2 rings (SSSR count). The van der Waals surface area contributed by atoms with Crippen molar-refractivity contribution in [2.45, 2.75) is 6.42 Å². The van der Waals surface area contributed by atoms with E-state index < -0.39 is 0 Å². The highest BCUT2D eigenvalue weighted by Gasteiger charge is 2.07. The molecule has 3 nitrogen and oxygen atoms in total. The van der Waals surface area contributed by atoms with Crippen molar-refractivity contribution in [2.24, 2.45) is 0 Å². The van der Waals surface area contributed by atoms with E-state index >= 15 is 0 Å². The largest absolute Gasteiger partial charge is 0.497 e. The molecular formula is C15H22N2O. The molecule has 0 aromatic heterocycles. The minimum Gasteiger partial charge on any atom is -0.497 e. The number of nitrogens with zero attached hydrogens (tertiary/aromatic N) is 1. The summed E-state index contributed by atoms with van der Waals surface area (Å²) in [7, 11) is 1.70. The molecular weight excluding hydrogens is 224 g/mol. The summed E-state index contributed by atoms with van der Waals surface area (Å²) < 4.78 is 5.21. The Morgan fingerprint density at radius 1 is 1.33 bits per heavy atom. The molecule has 0 radical (unpaired) electrons. The van der Waals surface area contributed by atoms with Gasteiger partial charge in [0.2, 0.25) is 0 Å². The Hall–Kier alpha value is -1.32. The van der Waals surface area contributed by atoms with E-state index in [0.29, 0.717) is 0 Å². The highest BCUT2D eigenvalue weighted by atomic mass is 16.5. The fourth-order valence-electron chi connectivity index (χ4n) is 2.16. The van der Waals surface area contributed by atoms with Crippen molar-refractivity contribution in [1.82, 2.24) is 10.2 Å². The molecule has 18 heavy (non-hydrogen) atoms. The van der Waals surface area contributed by atoms with Crippen molar-refractivity contribution in [3.8, 4) is 5.75 Å². The number of nitrogens with one attached hydrogen (secondary N) is 1. The normalized spacial score (nSPS) is 17.2. The van der Waals surface area contributed by atoms with E-state index in [1.165, 1.54) is 18.7 Å².